The topological polar surface area (TPSA) is 66.1 Å². The number of fused-ring (bicyclic) bond motifs is 1. The number of aromatic nitrogens is 3. The normalized spacial score (nSPS) is 11.2. The van der Waals surface area contributed by atoms with Gasteiger partial charge >= 0.3 is 0 Å². The van der Waals surface area contributed by atoms with Gasteiger partial charge in [-0.3, -0.25) is 14.2 Å². The van der Waals surface area contributed by atoms with E-state index >= 15 is 0 Å². The molecule has 3 aromatic rings. The van der Waals surface area contributed by atoms with Gasteiger partial charge in [-0.25, -0.2) is 4.98 Å². The third-order valence-corrected chi connectivity index (χ3v) is 6.13. The summed E-state index contributed by atoms with van der Waals surface area (Å²) in [6.07, 6.45) is 1.63. The maximum Gasteiger partial charge on any atom is 0.262 e. The molecule has 30 heavy (non-hydrogen) atoms. The number of benzene rings is 1. The number of nitrogens with zero attached hydrogens (tertiary/aromatic N) is 3. The number of rotatable bonds is 9. The lowest BCUT2D eigenvalue weighted by Gasteiger charge is -2.11. The highest BCUT2D eigenvalue weighted by molar-refractivity contribution is 7.99. The smallest absolute Gasteiger partial charge is 0.262 e. The van der Waals surface area contributed by atoms with E-state index in [0.717, 1.165) is 11.4 Å². The zero-order chi connectivity index (χ0) is 21.8. The Morgan fingerprint density at radius 3 is 2.77 bits per heavy atom. The van der Waals surface area contributed by atoms with Crippen LogP contribution < -0.4 is 5.56 Å². The van der Waals surface area contributed by atoms with E-state index in [-0.39, 0.29) is 17.1 Å². The molecule has 1 aromatic carbocycles. The molecule has 0 aliphatic rings. The first-order valence-electron chi connectivity index (χ1n) is 9.50. The van der Waals surface area contributed by atoms with Crippen LogP contribution in [0.25, 0.3) is 10.9 Å². The predicted molar refractivity (Wildman–Crippen MR) is 122 cm³/mol. The van der Waals surface area contributed by atoms with E-state index in [1.54, 1.807) is 31.4 Å². The van der Waals surface area contributed by atoms with E-state index in [9.17, 15) is 9.59 Å². The van der Waals surface area contributed by atoms with Crippen molar-refractivity contribution in [1.82, 2.24) is 14.1 Å². The molecule has 0 unspecified atom stereocenters. The summed E-state index contributed by atoms with van der Waals surface area (Å²) in [4.78, 5) is 30.4. The number of carbonyl (C=O) groups excluding carboxylic acids is 1. The van der Waals surface area contributed by atoms with Crippen molar-refractivity contribution in [3.63, 3.8) is 0 Å². The number of aryl methyl sites for hydroxylation is 1. The summed E-state index contributed by atoms with van der Waals surface area (Å²) in [5.41, 5.74) is 2.97. The van der Waals surface area contributed by atoms with Gasteiger partial charge in [0, 0.05) is 42.2 Å². The largest absolute Gasteiger partial charge is 0.383 e. The quantitative estimate of drug-likeness (QED) is 0.213. The van der Waals surface area contributed by atoms with E-state index in [4.69, 9.17) is 16.3 Å². The molecule has 2 heterocycles. The highest BCUT2D eigenvalue weighted by atomic mass is 35.5. The van der Waals surface area contributed by atoms with E-state index in [1.165, 1.54) is 16.3 Å². The summed E-state index contributed by atoms with van der Waals surface area (Å²) < 4.78 is 8.75. The van der Waals surface area contributed by atoms with Gasteiger partial charge in [-0.05, 0) is 38.1 Å². The van der Waals surface area contributed by atoms with E-state index in [2.05, 4.69) is 16.1 Å². The Kier molecular flexibility index (Phi) is 7.18. The first-order valence-corrected chi connectivity index (χ1v) is 10.9. The van der Waals surface area contributed by atoms with E-state index in [0.29, 0.717) is 46.3 Å². The minimum Gasteiger partial charge on any atom is -0.383 e. The molecule has 0 saturated carbocycles. The molecule has 0 spiro atoms. The monoisotopic (exact) mass is 445 g/mol. The molecule has 8 heteroatoms. The van der Waals surface area contributed by atoms with Crippen LogP contribution in [0.2, 0.25) is 5.02 Å². The fourth-order valence-corrected chi connectivity index (χ4v) is 4.45. The summed E-state index contributed by atoms with van der Waals surface area (Å²) in [5.74, 6) is 0.171. The number of Topliss-reactive ketones (excluding diaryl/α,β-unsaturated/α-hetero) is 1. The Hall–Kier alpha value is -2.35. The van der Waals surface area contributed by atoms with Crippen molar-refractivity contribution in [3.8, 4) is 0 Å². The average molecular weight is 446 g/mol. The van der Waals surface area contributed by atoms with Crippen molar-refractivity contribution >= 4 is 40.0 Å². The van der Waals surface area contributed by atoms with Crippen LogP contribution in [0.1, 0.15) is 21.7 Å². The second kappa shape index (κ2) is 9.64. The Bertz CT molecular complexity index is 1170. The number of hydrogen-bond donors (Lipinski definition) is 0. The molecule has 3 rings (SSSR count). The summed E-state index contributed by atoms with van der Waals surface area (Å²) in [6.45, 7) is 9.22. The van der Waals surface area contributed by atoms with Gasteiger partial charge in [-0.2, -0.15) is 0 Å². The van der Waals surface area contributed by atoms with Crippen LogP contribution in [0.5, 0.6) is 0 Å². The van der Waals surface area contributed by atoms with Gasteiger partial charge in [-0.15, -0.1) is 6.58 Å². The molecule has 0 aliphatic carbocycles. The van der Waals surface area contributed by atoms with Crippen molar-refractivity contribution in [3.05, 3.63) is 69.2 Å². The molecule has 0 fully saturated rings. The minimum absolute atomic E-state index is 0.00706. The number of ether oxygens (including phenoxy) is 1. The molecular weight excluding hydrogens is 422 g/mol. The van der Waals surface area contributed by atoms with Gasteiger partial charge in [-0.1, -0.05) is 29.4 Å². The number of hydrogen-bond acceptors (Lipinski definition) is 5. The second-order valence-electron chi connectivity index (χ2n) is 6.90. The van der Waals surface area contributed by atoms with Crippen LogP contribution in [-0.2, 0) is 17.8 Å². The van der Waals surface area contributed by atoms with Gasteiger partial charge in [0.15, 0.2) is 10.9 Å². The van der Waals surface area contributed by atoms with Crippen molar-refractivity contribution in [1.29, 1.82) is 0 Å². The summed E-state index contributed by atoms with van der Waals surface area (Å²) in [6, 6.07) is 6.93. The molecule has 0 amide bonds. The average Bonchev–Trinajstić information content (AvgIpc) is 3.01. The van der Waals surface area contributed by atoms with Crippen LogP contribution in [0.3, 0.4) is 0 Å². The van der Waals surface area contributed by atoms with Crippen LogP contribution in [0.4, 0.5) is 0 Å². The predicted octanol–water partition coefficient (Wildman–Crippen LogP) is 4.28. The molecule has 2 aromatic heterocycles. The first-order chi connectivity index (χ1) is 14.4. The fourth-order valence-electron chi connectivity index (χ4n) is 3.39. The molecule has 0 N–H and O–H groups in total. The van der Waals surface area contributed by atoms with E-state index < -0.39 is 0 Å². The first kappa shape index (κ1) is 22.3. The highest BCUT2D eigenvalue weighted by Gasteiger charge is 2.18. The van der Waals surface area contributed by atoms with Crippen molar-refractivity contribution in [2.24, 2.45) is 0 Å². The highest BCUT2D eigenvalue weighted by Crippen LogP contribution is 2.23. The Morgan fingerprint density at radius 1 is 1.30 bits per heavy atom. The van der Waals surface area contributed by atoms with Gasteiger partial charge < -0.3 is 9.30 Å². The van der Waals surface area contributed by atoms with Crippen LogP contribution in [0, 0.1) is 13.8 Å². The number of carbonyl (C=O) groups is 1. The van der Waals surface area contributed by atoms with Gasteiger partial charge in [0.2, 0.25) is 0 Å². The Labute approximate surface area is 184 Å². The van der Waals surface area contributed by atoms with Crippen molar-refractivity contribution < 1.29 is 9.53 Å². The maximum absolute atomic E-state index is 12.9. The van der Waals surface area contributed by atoms with E-state index in [1.807, 2.05) is 19.9 Å². The zero-order valence-corrected chi connectivity index (χ0v) is 18.8. The van der Waals surface area contributed by atoms with Crippen LogP contribution in [0.15, 0.2) is 46.9 Å². The molecule has 0 atom stereocenters. The standard InChI is InChI=1S/C22H24ClN3O3S/c1-5-8-26-21(28)18-12-16(23)6-7-19(18)24-22(26)30-13-20(27)17-11-14(2)25(15(17)3)9-10-29-4/h5-7,11-12H,1,8-10,13H2,2-4H3. The summed E-state index contributed by atoms with van der Waals surface area (Å²) in [7, 11) is 1.66. The number of thioether (sulfide) groups is 1. The van der Waals surface area contributed by atoms with Crippen molar-refractivity contribution in [2.75, 3.05) is 19.5 Å². The summed E-state index contributed by atoms with van der Waals surface area (Å²) >= 11 is 7.29. The third kappa shape index (κ3) is 4.53. The molecular formula is C22H24ClN3O3S. The summed E-state index contributed by atoms with van der Waals surface area (Å²) in [5, 5.41) is 1.41. The van der Waals surface area contributed by atoms with Crippen LogP contribution in [-0.4, -0.2) is 39.4 Å². The molecule has 158 valence electrons. The lowest BCUT2D eigenvalue weighted by Crippen LogP contribution is -2.23. The number of methoxy groups -OCH3 is 1. The third-order valence-electron chi connectivity index (χ3n) is 4.92. The Balaban J connectivity index is 1.89. The SMILES string of the molecule is C=CCn1c(SCC(=O)c2cc(C)n(CCOC)c2C)nc2ccc(Cl)cc2c1=O. The second-order valence-corrected chi connectivity index (χ2v) is 8.28. The lowest BCUT2D eigenvalue weighted by molar-refractivity contribution is 0.102. The number of ketones is 1. The molecule has 0 bridgehead atoms. The number of halogens is 1. The molecule has 0 aliphatic heterocycles. The molecule has 6 nitrogen and oxygen atoms in total. The Morgan fingerprint density at radius 2 is 2.07 bits per heavy atom. The van der Waals surface area contributed by atoms with Gasteiger partial charge in [0.25, 0.3) is 5.56 Å². The van der Waals surface area contributed by atoms with Gasteiger partial charge in [0.1, 0.15) is 0 Å². The van der Waals surface area contributed by atoms with Gasteiger partial charge in [0.05, 0.1) is 23.3 Å². The minimum atomic E-state index is -0.199. The number of allylic oxidation sites excluding steroid dienone is 1. The molecule has 0 radical (unpaired) electrons. The fraction of sp³-hybridized carbons (Fsp3) is 0.318. The zero-order valence-electron chi connectivity index (χ0n) is 17.3. The maximum atomic E-state index is 12.9. The molecule has 0 saturated heterocycles. The lowest BCUT2D eigenvalue weighted by atomic mass is 10.2. The van der Waals surface area contributed by atoms with Crippen LogP contribution >= 0.6 is 23.4 Å². The van der Waals surface area contributed by atoms with Crippen molar-refractivity contribution in [2.45, 2.75) is 32.1 Å².